The average molecular weight is 316 g/mol. The first-order valence-electron chi connectivity index (χ1n) is 4.38. The van der Waals surface area contributed by atoms with Crippen molar-refractivity contribution in [3.63, 3.8) is 0 Å². The van der Waals surface area contributed by atoms with Gasteiger partial charge in [0.25, 0.3) is 0 Å². The first-order chi connectivity index (χ1) is 7.16. The van der Waals surface area contributed by atoms with Crippen LogP contribution in [0.1, 0.15) is 0 Å². The largest absolute Gasteiger partial charge is 0.207 e. The van der Waals surface area contributed by atoms with Crippen LogP contribution in [-0.2, 0) is 0 Å². The lowest BCUT2D eigenvalue weighted by Crippen LogP contribution is -1.86. The van der Waals surface area contributed by atoms with Crippen LogP contribution in [0, 0.1) is 15.2 Å². The average Bonchev–Trinajstić information content (AvgIpc) is 2.17. The van der Waals surface area contributed by atoms with Crippen LogP contribution in [0.25, 0.3) is 11.1 Å². The Kier molecular flexibility index (Phi) is 3.00. The lowest BCUT2D eigenvalue weighted by Gasteiger charge is -2.03. The number of hydrogen-bond acceptors (Lipinski definition) is 0. The lowest BCUT2D eigenvalue weighted by molar-refractivity contribution is 0.624. The molecule has 0 spiro atoms. The molecular weight excluding hydrogens is 309 g/mol. The Morgan fingerprint density at radius 2 is 1.73 bits per heavy atom. The molecule has 0 aliphatic heterocycles. The van der Waals surface area contributed by atoms with Gasteiger partial charge in [0.1, 0.15) is 11.6 Å². The maximum Gasteiger partial charge on any atom is 0.132 e. The predicted molar refractivity (Wildman–Crippen MR) is 64.5 cm³/mol. The van der Waals surface area contributed by atoms with Gasteiger partial charge >= 0.3 is 0 Å². The van der Waals surface area contributed by atoms with Crippen molar-refractivity contribution < 1.29 is 8.78 Å². The van der Waals surface area contributed by atoms with E-state index in [0.29, 0.717) is 11.1 Å². The summed E-state index contributed by atoms with van der Waals surface area (Å²) in [5.74, 6) is -0.682. The van der Waals surface area contributed by atoms with Crippen LogP contribution in [0.5, 0.6) is 0 Å². The molecule has 0 N–H and O–H groups in total. The highest BCUT2D eigenvalue weighted by atomic mass is 127. The fourth-order valence-corrected chi connectivity index (χ4v) is 1.83. The molecule has 0 atom stereocenters. The molecule has 0 amide bonds. The van der Waals surface area contributed by atoms with Crippen LogP contribution in [0.15, 0.2) is 42.5 Å². The summed E-state index contributed by atoms with van der Waals surface area (Å²) in [6.07, 6.45) is 0. The minimum absolute atomic E-state index is 0.326. The van der Waals surface area contributed by atoms with Crippen LogP contribution in [0.3, 0.4) is 0 Å². The summed E-state index contributed by atoms with van der Waals surface area (Å²) >= 11 is 2.03. The predicted octanol–water partition coefficient (Wildman–Crippen LogP) is 4.24. The molecule has 76 valence electrons. The lowest BCUT2D eigenvalue weighted by atomic mass is 10.1. The Morgan fingerprint density at radius 1 is 0.933 bits per heavy atom. The van der Waals surface area contributed by atoms with E-state index in [-0.39, 0.29) is 11.6 Å². The van der Waals surface area contributed by atoms with Gasteiger partial charge in [-0.1, -0.05) is 18.2 Å². The van der Waals surface area contributed by atoms with Crippen LogP contribution in [0.2, 0.25) is 0 Å². The quantitative estimate of drug-likeness (QED) is 0.691. The van der Waals surface area contributed by atoms with E-state index in [4.69, 9.17) is 0 Å². The van der Waals surface area contributed by atoms with E-state index in [1.165, 1.54) is 18.2 Å². The third-order valence-electron chi connectivity index (χ3n) is 2.07. The Labute approximate surface area is 100 Å². The highest BCUT2D eigenvalue weighted by molar-refractivity contribution is 14.1. The molecule has 0 heterocycles. The van der Waals surface area contributed by atoms with Crippen LogP contribution in [-0.4, -0.2) is 0 Å². The van der Waals surface area contributed by atoms with Gasteiger partial charge in [-0.3, -0.25) is 0 Å². The van der Waals surface area contributed by atoms with Crippen molar-refractivity contribution in [3.05, 3.63) is 57.7 Å². The monoisotopic (exact) mass is 316 g/mol. The topological polar surface area (TPSA) is 0 Å². The maximum atomic E-state index is 13.5. The minimum Gasteiger partial charge on any atom is -0.207 e. The second kappa shape index (κ2) is 4.26. The van der Waals surface area contributed by atoms with E-state index in [1.54, 1.807) is 24.3 Å². The Bertz CT molecular complexity index is 495. The molecule has 0 aliphatic carbocycles. The van der Waals surface area contributed by atoms with Gasteiger partial charge in [0.05, 0.1) is 0 Å². The Balaban J connectivity index is 2.54. The highest BCUT2D eigenvalue weighted by Gasteiger charge is 2.05. The molecule has 0 nitrogen and oxygen atoms in total. The summed E-state index contributed by atoms with van der Waals surface area (Å²) in [6, 6.07) is 10.8. The van der Waals surface area contributed by atoms with Gasteiger partial charge in [0, 0.05) is 9.13 Å². The Hall–Kier alpha value is -0.970. The molecular formula is C12H7F2I. The number of hydrogen-bond donors (Lipinski definition) is 0. The van der Waals surface area contributed by atoms with Gasteiger partial charge in [-0.05, 0) is 52.4 Å². The molecule has 2 rings (SSSR count). The van der Waals surface area contributed by atoms with E-state index in [1.807, 2.05) is 22.6 Å². The van der Waals surface area contributed by atoms with Crippen LogP contribution in [0.4, 0.5) is 8.78 Å². The SMILES string of the molecule is Fc1cccc(-c2ccc(I)cc2F)c1. The van der Waals surface area contributed by atoms with Gasteiger partial charge in [0.15, 0.2) is 0 Å². The fraction of sp³-hybridized carbons (Fsp3) is 0. The molecule has 0 unspecified atom stereocenters. The summed E-state index contributed by atoms with van der Waals surface area (Å²) in [4.78, 5) is 0. The molecule has 15 heavy (non-hydrogen) atoms. The van der Waals surface area contributed by atoms with E-state index >= 15 is 0 Å². The first-order valence-corrected chi connectivity index (χ1v) is 5.46. The van der Waals surface area contributed by atoms with Crippen molar-refractivity contribution in [2.75, 3.05) is 0 Å². The zero-order chi connectivity index (χ0) is 10.8. The summed E-state index contributed by atoms with van der Waals surface area (Å²) < 4.78 is 27.3. The number of rotatable bonds is 1. The van der Waals surface area contributed by atoms with Crippen molar-refractivity contribution >= 4 is 22.6 Å². The van der Waals surface area contributed by atoms with Crippen molar-refractivity contribution in [3.8, 4) is 11.1 Å². The van der Waals surface area contributed by atoms with Crippen molar-refractivity contribution in [1.29, 1.82) is 0 Å². The zero-order valence-electron chi connectivity index (χ0n) is 7.68. The van der Waals surface area contributed by atoms with E-state index < -0.39 is 0 Å². The molecule has 0 saturated heterocycles. The normalized spacial score (nSPS) is 10.3. The number of halogens is 3. The molecule has 2 aromatic rings. The van der Waals surface area contributed by atoms with Crippen LogP contribution >= 0.6 is 22.6 Å². The second-order valence-corrected chi connectivity index (χ2v) is 4.38. The van der Waals surface area contributed by atoms with E-state index in [0.717, 1.165) is 3.57 Å². The summed E-state index contributed by atoms with van der Waals surface area (Å²) in [6.45, 7) is 0. The molecule has 0 aromatic heterocycles. The molecule has 0 radical (unpaired) electrons. The molecule has 0 aliphatic rings. The van der Waals surface area contributed by atoms with Crippen LogP contribution < -0.4 is 0 Å². The van der Waals surface area contributed by atoms with E-state index in [2.05, 4.69) is 0 Å². The minimum atomic E-state index is -0.356. The molecule has 2 aromatic carbocycles. The Morgan fingerprint density at radius 3 is 2.40 bits per heavy atom. The zero-order valence-corrected chi connectivity index (χ0v) is 9.83. The van der Waals surface area contributed by atoms with Crippen molar-refractivity contribution in [2.45, 2.75) is 0 Å². The standard InChI is InChI=1S/C12H7F2I/c13-9-3-1-2-8(6-9)11-5-4-10(15)7-12(11)14/h1-7H. The third kappa shape index (κ3) is 2.34. The van der Waals surface area contributed by atoms with E-state index in [9.17, 15) is 8.78 Å². The van der Waals surface area contributed by atoms with Gasteiger partial charge in [0.2, 0.25) is 0 Å². The van der Waals surface area contributed by atoms with Gasteiger partial charge in [-0.25, -0.2) is 8.78 Å². The molecule has 0 saturated carbocycles. The first kappa shape index (κ1) is 10.5. The summed E-state index contributed by atoms with van der Waals surface area (Å²) in [7, 11) is 0. The van der Waals surface area contributed by atoms with Gasteiger partial charge < -0.3 is 0 Å². The summed E-state index contributed by atoms with van der Waals surface area (Å²) in [5.41, 5.74) is 0.985. The summed E-state index contributed by atoms with van der Waals surface area (Å²) in [5, 5.41) is 0. The molecule has 0 bridgehead atoms. The molecule has 0 fully saturated rings. The third-order valence-corrected chi connectivity index (χ3v) is 2.74. The van der Waals surface area contributed by atoms with Crippen molar-refractivity contribution in [2.24, 2.45) is 0 Å². The highest BCUT2D eigenvalue weighted by Crippen LogP contribution is 2.24. The smallest absolute Gasteiger partial charge is 0.132 e. The maximum absolute atomic E-state index is 13.5. The molecule has 3 heteroatoms. The second-order valence-electron chi connectivity index (χ2n) is 3.13. The number of benzene rings is 2. The van der Waals surface area contributed by atoms with Gasteiger partial charge in [-0.2, -0.15) is 0 Å². The fourth-order valence-electron chi connectivity index (χ4n) is 1.38. The van der Waals surface area contributed by atoms with Gasteiger partial charge in [-0.15, -0.1) is 0 Å². The van der Waals surface area contributed by atoms with Crippen molar-refractivity contribution in [1.82, 2.24) is 0 Å².